The van der Waals surface area contributed by atoms with E-state index in [-0.39, 0.29) is 6.10 Å². The summed E-state index contributed by atoms with van der Waals surface area (Å²) in [4.78, 5) is 10.2. The molecular weight excluding hydrogens is 194 g/mol. The van der Waals surface area contributed by atoms with Gasteiger partial charge in [-0.1, -0.05) is 0 Å². The number of rotatable bonds is 2. The van der Waals surface area contributed by atoms with Crippen LogP contribution in [0.5, 0.6) is 0 Å². The first-order valence-corrected chi connectivity index (χ1v) is 5.01. The van der Waals surface area contributed by atoms with Crippen molar-refractivity contribution in [3.05, 3.63) is 12.4 Å². The van der Waals surface area contributed by atoms with E-state index in [2.05, 4.69) is 20.3 Å². The lowest BCUT2D eigenvalue weighted by molar-refractivity contribution is 0.145. The smallest absolute Gasteiger partial charge is 0.145 e. The fourth-order valence-electron chi connectivity index (χ4n) is 1.69. The maximum Gasteiger partial charge on any atom is 0.145 e. The minimum Gasteiger partial charge on any atom is -0.393 e. The van der Waals surface area contributed by atoms with Crippen molar-refractivity contribution in [2.45, 2.75) is 18.9 Å². The number of hydrogen-bond donors (Lipinski definition) is 3. The Bertz CT molecular complexity index is 324. The maximum atomic E-state index is 9.38. The Morgan fingerprint density at radius 2 is 2.13 bits per heavy atom. The van der Waals surface area contributed by atoms with Crippen molar-refractivity contribution < 1.29 is 5.11 Å². The summed E-state index contributed by atoms with van der Waals surface area (Å²) in [6, 6.07) is 1.80. The number of piperidine rings is 1. The van der Waals surface area contributed by atoms with Crippen LogP contribution < -0.4 is 16.2 Å². The van der Waals surface area contributed by atoms with Crippen molar-refractivity contribution in [1.82, 2.24) is 9.97 Å². The molecule has 1 aliphatic heterocycles. The summed E-state index contributed by atoms with van der Waals surface area (Å²) >= 11 is 0. The number of anilines is 2. The molecule has 82 valence electrons. The minimum absolute atomic E-state index is 0.171. The van der Waals surface area contributed by atoms with Crippen molar-refractivity contribution in [2.24, 2.45) is 5.84 Å². The molecule has 0 spiro atoms. The van der Waals surface area contributed by atoms with Crippen LogP contribution in [0.25, 0.3) is 0 Å². The molecule has 0 amide bonds. The summed E-state index contributed by atoms with van der Waals surface area (Å²) in [6.07, 6.45) is 2.88. The van der Waals surface area contributed by atoms with E-state index in [0.29, 0.717) is 5.82 Å². The Hall–Kier alpha value is -1.40. The molecule has 0 bridgehead atoms. The predicted molar refractivity (Wildman–Crippen MR) is 57.3 cm³/mol. The Morgan fingerprint density at radius 3 is 2.80 bits per heavy atom. The van der Waals surface area contributed by atoms with Crippen LogP contribution in [0.15, 0.2) is 12.4 Å². The van der Waals surface area contributed by atoms with E-state index in [0.717, 1.165) is 31.7 Å². The maximum absolute atomic E-state index is 9.38. The third-order valence-electron chi connectivity index (χ3n) is 2.59. The lowest BCUT2D eigenvalue weighted by Gasteiger charge is -2.30. The van der Waals surface area contributed by atoms with Crippen molar-refractivity contribution in [1.29, 1.82) is 0 Å². The summed E-state index contributed by atoms with van der Waals surface area (Å²) in [5.74, 6) is 6.73. The van der Waals surface area contributed by atoms with Crippen LogP contribution >= 0.6 is 0 Å². The molecule has 1 aromatic heterocycles. The van der Waals surface area contributed by atoms with E-state index in [1.165, 1.54) is 6.33 Å². The standard InChI is InChI=1S/C9H15N5O/c10-13-8-5-9(12-6-11-8)14-3-1-7(15)2-4-14/h5-7,15H,1-4,10H2,(H,11,12,13). The van der Waals surface area contributed by atoms with E-state index >= 15 is 0 Å². The number of aliphatic hydroxyl groups is 1. The molecule has 0 aromatic carbocycles. The number of aromatic nitrogens is 2. The fraction of sp³-hybridized carbons (Fsp3) is 0.556. The van der Waals surface area contributed by atoms with Crippen LogP contribution in [0.2, 0.25) is 0 Å². The Kier molecular flexibility index (Phi) is 2.98. The fourth-order valence-corrected chi connectivity index (χ4v) is 1.69. The van der Waals surface area contributed by atoms with E-state index < -0.39 is 0 Å². The van der Waals surface area contributed by atoms with Crippen LogP contribution in [0, 0.1) is 0 Å². The van der Waals surface area contributed by atoms with Crippen LogP contribution in [0.1, 0.15) is 12.8 Å². The largest absolute Gasteiger partial charge is 0.393 e. The number of hydrazine groups is 1. The van der Waals surface area contributed by atoms with E-state index in [4.69, 9.17) is 5.84 Å². The highest BCUT2D eigenvalue weighted by atomic mass is 16.3. The molecule has 0 atom stereocenters. The first kappa shape index (κ1) is 10.1. The highest BCUT2D eigenvalue weighted by molar-refractivity contribution is 5.47. The number of nitrogen functional groups attached to an aromatic ring is 1. The van der Waals surface area contributed by atoms with Crippen molar-refractivity contribution in [2.75, 3.05) is 23.4 Å². The van der Waals surface area contributed by atoms with Gasteiger partial charge in [0.1, 0.15) is 18.0 Å². The molecule has 0 unspecified atom stereocenters. The van der Waals surface area contributed by atoms with Gasteiger partial charge in [-0.05, 0) is 12.8 Å². The zero-order chi connectivity index (χ0) is 10.7. The summed E-state index contributed by atoms with van der Waals surface area (Å²) in [7, 11) is 0. The number of nitrogens with zero attached hydrogens (tertiary/aromatic N) is 3. The SMILES string of the molecule is NNc1cc(N2CCC(O)CC2)ncn1. The molecular formula is C9H15N5O. The third kappa shape index (κ3) is 2.34. The van der Waals surface area contributed by atoms with E-state index in [1.807, 2.05) is 0 Å². The van der Waals surface area contributed by atoms with Gasteiger partial charge >= 0.3 is 0 Å². The van der Waals surface area contributed by atoms with Crippen molar-refractivity contribution in [3.8, 4) is 0 Å². The quantitative estimate of drug-likeness (QED) is 0.459. The topological polar surface area (TPSA) is 87.3 Å². The van der Waals surface area contributed by atoms with Gasteiger partial charge in [0.2, 0.25) is 0 Å². The van der Waals surface area contributed by atoms with Crippen LogP contribution in [0.3, 0.4) is 0 Å². The van der Waals surface area contributed by atoms with Gasteiger partial charge in [-0.2, -0.15) is 0 Å². The van der Waals surface area contributed by atoms with Gasteiger partial charge in [0.05, 0.1) is 6.10 Å². The Labute approximate surface area is 88.1 Å². The summed E-state index contributed by atoms with van der Waals surface area (Å²) < 4.78 is 0. The van der Waals surface area contributed by atoms with Gasteiger partial charge in [0.25, 0.3) is 0 Å². The highest BCUT2D eigenvalue weighted by Gasteiger charge is 2.18. The molecule has 15 heavy (non-hydrogen) atoms. The first-order valence-electron chi connectivity index (χ1n) is 5.01. The van der Waals surface area contributed by atoms with Gasteiger partial charge in [-0.15, -0.1) is 0 Å². The summed E-state index contributed by atoms with van der Waals surface area (Å²) in [5, 5.41) is 9.38. The predicted octanol–water partition coefficient (Wildman–Crippen LogP) is -0.277. The van der Waals surface area contributed by atoms with Gasteiger partial charge in [-0.3, -0.25) is 0 Å². The second-order valence-electron chi connectivity index (χ2n) is 3.62. The average Bonchev–Trinajstić information content (AvgIpc) is 2.30. The molecule has 1 saturated heterocycles. The molecule has 4 N–H and O–H groups in total. The number of nitrogens with two attached hydrogens (primary N) is 1. The summed E-state index contributed by atoms with van der Waals surface area (Å²) in [5.41, 5.74) is 2.49. The average molecular weight is 209 g/mol. The van der Waals surface area contributed by atoms with Gasteiger partial charge in [-0.25, -0.2) is 15.8 Å². The van der Waals surface area contributed by atoms with Crippen molar-refractivity contribution in [3.63, 3.8) is 0 Å². The second kappa shape index (κ2) is 4.41. The van der Waals surface area contributed by atoms with E-state index in [9.17, 15) is 5.11 Å². The van der Waals surface area contributed by atoms with Gasteiger partial charge < -0.3 is 15.4 Å². The molecule has 0 radical (unpaired) electrons. The summed E-state index contributed by atoms with van der Waals surface area (Å²) in [6.45, 7) is 1.64. The molecule has 0 saturated carbocycles. The zero-order valence-electron chi connectivity index (χ0n) is 8.43. The Morgan fingerprint density at radius 1 is 1.40 bits per heavy atom. The molecule has 6 heteroatoms. The molecule has 1 aromatic rings. The van der Waals surface area contributed by atoms with Crippen LogP contribution in [-0.2, 0) is 0 Å². The molecule has 1 fully saturated rings. The van der Waals surface area contributed by atoms with Gasteiger partial charge in [0, 0.05) is 19.2 Å². The molecule has 0 aliphatic carbocycles. The van der Waals surface area contributed by atoms with Crippen molar-refractivity contribution >= 4 is 11.6 Å². The minimum atomic E-state index is -0.171. The van der Waals surface area contributed by atoms with Gasteiger partial charge in [0.15, 0.2) is 0 Å². The number of nitrogens with one attached hydrogen (secondary N) is 1. The number of aliphatic hydroxyl groups excluding tert-OH is 1. The monoisotopic (exact) mass is 209 g/mol. The van der Waals surface area contributed by atoms with Crippen LogP contribution in [0.4, 0.5) is 11.6 Å². The van der Waals surface area contributed by atoms with Crippen LogP contribution in [-0.4, -0.2) is 34.3 Å². The molecule has 2 rings (SSSR count). The third-order valence-corrected chi connectivity index (χ3v) is 2.59. The lowest BCUT2D eigenvalue weighted by Crippen LogP contribution is -2.36. The molecule has 6 nitrogen and oxygen atoms in total. The first-order chi connectivity index (χ1) is 7.29. The number of hydrogen-bond acceptors (Lipinski definition) is 6. The van der Waals surface area contributed by atoms with E-state index in [1.54, 1.807) is 6.07 Å². The lowest BCUT2D eigenvalue weighted by atomic mass is 10.1. The Balaban J connectivity index is 2.08. The molecule has 2 heterocycles. The zero-order valence-corrected chi connectivity index (χ0v) is 8.43. The normalized spacial score (nSPS) is 17.9. The second-order valence-corrected chi connectivity index (χ2v) is 3.62. The highest BCUT2D eigenvalue weighted by Crippen LogP contribution is 2.18. The molecule has 1 aliphatic rings.